The van der Waals surface area contributed by atoms with Crippen LogP contribution in [-0.4, -0.2) is 93.5 Å². The van der Waals surface area contributed by atoms with Crippen LogP contribution in [0.5, 0.6) is 0 Å². The summed E-state index contributed by atoms with van der Waals surface area (Å²) in [5.41, 5.74) is 5.33. The van der Waals surface area contributed by atoms with Crippen LogP contribution in [0, 0.1) is 11.8 Å². The highest BCUT2D eigenvalue weighted by Crippen LogP contribution is 2.43. The number of esters is 2. The van der Waals surface area contributed by atoms with E-state index in [0.717, 1.165) is 57.8 Å². The lowest BCUT2D eigenvalue weighted by Gasteiger charge is -2.20. The summed E-state index contributed by atoms with van der Waals surface area (Å²) in [5, 5.41) is 40.2. The van der Waals surface area contributed by atoms with Gasteiger partial charge >= 0.3 is 25.7 Å². The van der Waals surface area contributed by atoms with Crippen molar-refractivity contribution in [2.24, 2.45) is 17.6 Å². The van der Waals surface area contributed by atoms with Gasteiger partial charge in [0.15, 0.2) is 6.10 Å². The first-order valence-electron chi connectivity index (χ1n) is 22.9. The first-order valence-corrected chi connectivity index (χ1v) is 24.4. The van der Waals surface area contributed by atoms with Crippen molar-refractivity contribution in [1.82, 2.24) is 0 Å². The molecule has 1 saturated carbocycles. The molecule has 352 valence electrons. The van der Waals surface area contributed by atoms with Gasteiger partial charge in [-0.05, 0) is 57.3 Å². The topological polar surface area (TPSA) is 232 Å². The standard InChI is InChI=1S/C46H80NO13P/c1-3-5-7-8-9-10-11-12-13-14-15-16-17-18-19-20-21-22-24-30-45(52)60-38(35-58-61(55,56)59-36-41(47)46(53)54)34-57-44(51)29-26-25-28-39-40(43(50)33-42(39)49)32-31-37(48)27-23-6-4-2/h9-10,12-13,25-26,31-32,37-43,48-50H,3-8,11,14-24,27-30,33-36,47H2,1-2H3,(H,53,54)(H,55,56)/b10-9-,13-12-,26-25-,32-31+/t37-,38-,39+,40-,41+,42+,43-/m1/s1. The number of nitrogens with two attached hydrogens (primary N) is 1. The number of allylic oxidation sites excluding steroid dienone is 5. The third-order valence-corrected chi connectivity index (χ3v) is 11.6. The molecule has 1 aliphatic carbocycles. The molecule has 7 N–H and O–H groups in total. The van der Waals surface area contributed by atoms with Crippen LogP contribution < -0.4 is 5.73 Å². The van der Waals surface area contributed by atoms with Gasteiger partial charge in [-0.15, -0.1) is 0 Å². The number of unbranched alkanes of at least 4 members (excludes halogenated alkanes) is 14. The maximum Gasteiger partial charge on any atom is 0.472 e. The number of phosphoric ester groups is 1. The van der Waals surface area contributed by atoms with Crippen LogP contribution in [0.4, 0.5) is 0 Å². The summed E-state index contributed by atoms with van der Waals surface area (Å²) in [6.45, 7) is 2.34. The number of hydrogen-bond acceptors (Lipinski definition) is 12. The van der Waals surface area contributed by atoms with Gasteiger partial charge in [-0.3, -0.25) is 23.4 Å². The molecule has 15 heteroatoms. The summed E-state index contributed by atoms with van der Waals surface area (Å²) in [5.74, 6) is -3.39. The Bertz CT molecular complexity index is 1340. The van der Waals surface area contributed by atoms with Gasteiger partial charge < -0.3 is 40.5 Å². The lowest BCUT2D eigenvalue weighted by atomic mass is 9.89. The Labute approximate surface area is 365 Å². The van der Waals surface area contributed by atoms with E-state index in [1.165, 1.54) is 51.4 Å². The van der Waals surface area contributed by atoms with E-state index < -0.39 is 76.0 Å². The van der Waals surface area contributed by atoms with E-state index in [-0.39, 0.29) is 31.1 Å². The van der Waals surface area contributed by atoms with Crippen molar-refractivity contribution >= 4 is 25.7 Å². The number of aliphatic hydroxyl groups excluding tert-OH is 3. The number of carbonyl (C=O) groups is 3. The van der Waals surface area contributed by atoms with Gasteiger partial charge in [0.1, 0.15) is 12.6 Å². The molecule has 14 nitrogen and oxygen atoms in total. The van der Waals surface area contributed by atoms with E-state index in [4.69, 9.17) is 24.8 Å². The van der Waals surface area contributed by atoms with Gasteiger partial charge in [-0.25, -0.2) is 4.57 Å². The van der Waals surface area contributed by atoms with Crippen molar-refractivity contribution in [3.63, 3.8) is 0 Å². The Morgan fingerprint density at radius 2 is 1.33 bits per heavy atom. The third kappa shape index (κ3) is 30.1. The maximum absolute atomic E-state index is 12.7. The Kier molecular flexibility index (Phi) is 33.0. The molecule has 0 heterocycles. The molecule has 0 spiro atoms. The molecule has 1 fully saturated rings. The van der Waals surface area contributed by atoms with Crippen molar-refractivity contribution in [3.8, 4) is 0 Å². The molecular formula is C46H80NO13P. The Morgan fingerprint density at radius 3 is 1.97 bits per heavy atom. The van der Waals surface area contributed by atoms with Gasteiger partial charge in [0, 0.05) is 18.8 Å². The first kappa shape index (κ1) is 56.3. The predicted molar refractivity (Wildman–Crippen MR) is 237 cm³/mol. The molecule has 0 aliphatic heterocycles. The second-order valence-corrected chi connectivity index (χ2v) is 17.6. The van der Waals surface area contributed by atoms with E-state index in [0.29, 0.717) is 19.3 Å². The summed E-state index contributed by atoms with van der Waals surface area (Å²) in [6.07, 6.45) is 33.0. The van der Waals surface area contributed by atoms with Crippen LogP contribution >= 0.6 is 7.82 Å². The minimum Gasteiger partial charge on any atom is -0.480 e. The number of aliphatic hydroxyl groups is 3. The second-order valence-electron chi connectivity index (χ2n) is 16.2. The van der Waals surface area contributed by atoms with E-state index in [1.807, 2.05) is 0 Å². The summed E-state index contributed by atoms with van der Waals surface area (Å²) in [7, 11) is -4.80. The van der Waals surface area contributed by atoms with Gasteiger partial charge in [-0.2, -0.15) is 0 Å². The van der Waals surface area contributed by atoms with Crippen LogP contribution in [0.2, 0.25) is 0 Å². The molecule has 0 radical (unpaired) electrons. The Hall–Kier alpha value is -2.68. The zero-order chi connectivity index (χ0) is 45.1. The SMILES string of the molecule is CCCCC/C=C\C/C=C\CCCCCCCCCCCC(=O)O[C@H](COC(=O)C/C=C\C[C@H]1[C@@H](/C=C/[C@H](O)CCCCC)[C@H](O)C[C@@H]1O)COP(=O)(O)OC[C@H](N)C(=O)O. The second kappa shape index (κ2) is 35.7. The molecule has 1 rings (SSSR count). The largest absolute Gasteiger partial charge is 0.480 e. The zero-order valence-corrected chi connectivity index (χ0v) is 38.0. The highest BCUT2D eigenvalue weighted by atomic mass is 31.2. The number of carboxylic acids is 1. The number of aliphatic carboxylic acids is 1. The minimum atomic E-state index is -4.80. The molecule has 0 aromatic rings. The molecule has 1 aliphatic rings. The van der Waals surface area contributed by atoms with Crippen molar-refractivity contribution in [1.29, 1.82) is 0 Å². The average Bonchev–Trinajstić information content (AvgIpc) is 3.49. The first-order chi connectivity index (χ1) is 29.3. The fraction of sp³-hybridized carbons (Fsp3) is 0.761. The minimum absolute atomic E-state index is 0.0891. The van der Waals surface area contributed by atoms with E-state index in [9.17, 15) is 39.2 Å². The van der Waals surface area contributed by atoms with Crippen molar-refractivity contribution in [2.75, 3.05) is 19.8 Å². The van der Waals surface area contributed by atoms with Crippen molar-refractivity contribution in [3.05, 3.63) is 48.6 Å². The molecular weight excluding hydrogens is 805 g/mol. The molecule has 0 aromatic heterocycles. The normalized spacial score (nSPS) is 20.8. The summed E-state index contributed by atoms with van der Waals surface area (Å²) in [6, 6.07) is -1.57. The number of carbonyl (C=O) groups excluding carboxylic acids is 2. The molecule has 0 aromatic carbocycles. The van der Waals surface area contributed by atoms with E-state index in [1.54, 1.807) is 24.3 Å². The molecule has 61 heavy (non-hydrogen) atoms. The number of ether oxygens (including phenoxy) is 2. The lowest BCUT2D eigenvalue weighted by Crippen LogP contribution is -2.34. The summed E-state index contributed by atoms with van der Waals surface area (Å²) >= 11 is 0. The monoisotopic (exact) mass is 886 g/mol. The third-order valence-electron chi connectivity index (χ3n) is 10.7. The molecule has 1 unspecified atom stereocenters. The number of rotatable bonds is 38. The van der Waals surface area contributed by atoms with Crippen LogP contribution in [-0.2, 0) is 37.5 Å². The Morgan fingerprint density at radius 1 is 0.738 bits per heavy atom. The highest BCUT2D eigenvalue weighted by Gasteiger charge is 2.39. The van der Waals surface area contributed by atoms with Crippen molar-refractivity contribution in [2.45, 2.75) is 192 Å². The zero-order valence-electron chi connectivity index (χ0n) is 37.1. The Balaban J connectivity index is 2.50. The van der Waals surface area contributed by atoms with Gasteiger partial charge in [0.25, 0.3) is 0 Å². The van der Waals surface area contributed by atoms with Gasteiger partial charge in [0.05, 0.1) is 37.9 Å². The average molecular weight is 886 g/mol. The molecule has 8 atom stereocenters. The molecule has 0 amide bonds. The maximum atomic E-state index is 12.7. The van der Waals surface area contributed by atoms with Crippen LogP contribution in [0.1, 0.15) is 162 Å². The molecule has 0 bridgehead atoms. The van der Waals surface area contributed by atoms with Crippen molar-refractivity contribution < 1.29 is 62.8 Å². The van der Waals surface area contributed by atoms with Crippen LogP contribution in [0.15, 0.2) is 48.6 Å². The smallest absolute Gasteiger partial charge is 0.472 e. The summed E-state index contributed by atoms with van der Waals surface area (Å²) < 4.78 is 32.7. The number of phosphoric acid groups is 1. The quantitative estimate of drug-likeness (QED) is 0.0148. The van der Waals surface area contributed by atoms with Gasteiger partial charge in [-0.1, -0.05) is 140 Å². The highest BCUT2D eigenvalue weighted by molar-refractivity contribution is 7.47. The van der Waals surface area contributed by atoms with E-state index in [2.05, 4.69) is 42.7 Å². The fourth-order valence-corrected chi connectivity index (χ4v) is 7.73. The van der Waals surface area contributed by atoms with Crippen LogP contribution in [0.25, 0.3) is 0 Å². The van der Waals surface area contributed by atoms with Crippen LogP contribution in [0.3, 0.4) is 0 Å². The fourth-order valence-electron chi connectivity index (χ4n) is 6.95. The summed E-state index contributed by atoms with van der Waals surface area (Å²) in [4.78, 5) is 46.3. The number of hydrogen-bond donors (Lipinski definition) is 6. The molecule has 0 saturated heterocycles. The van der Waals surface area contributed by atoms with E-state index >= 15 is 0 Å². The van der Waals surface area contributed by atoms with Gasteiger partial charge in [0.2, 0.25) is 0 Å². The predicted octanol–water partition coefficient (Wildman–Crippen LogP) is 8.55. The lowest BCUT2D eigenvalue weighted by molar-refractivity contribution is -0.160. The number of carboxylic acid groups (broad SMARTS) is 1.